The maximum Gasteiger partial charge on any atom is 0.179 e. The highest BCUT2D eigenvalue weighted by molar-refractivity contribution is 7.19. The predicted octanol–water partition coefficient (Wildman–Crippen LogP) is 12.3. The van der Waals surface area contributed by atoms with Crippen LogP contribution in [0.5, 0.6) is 0 Å². The second kappa shape index (κ2) is 16.9. The van der Waals surface area contributed by atoms with Gasteiger partial charge in [0.05, 0.1) is 16.7 Å². The van der Waals surface area contributed by atoms with Gasteiger partial charge in [-0.25, -0.2) is 15.0 Å². The van der Waals surface area contributed by atoms with Gasteiger partial charge in [0.15, 0.2) is 25.5 Å². The van der Waals surface area contributed by atoms with Crippen LogP contribution in [0, 0.1) is 0 Å². The Morgan fingerprint density at radius 3 is 1.36 bits per heavy atom. The monoisotopic (exact) mass is 864 g/mol. The summed E-state index contributed by atoms with van der Waals surface area (Å²) in [6.07, 6.45) is 0. The number of aromatic nitrogens is 4. The van der Waals surface area contributed by atoms with Crippen LogP contribution < -0.4 is 20.7 Å². The third-order valence-electron chi connectivity index (χ3n) is 13.0. The summed E-state index contributed by atoms with van der Waals surface area (Å²) in [7, 11) is -2.80. The van der Waals surface area contributed by atoms with Crippen LogP contribution in [0.1, 0.15) is 26.3 Å². The third-order valence-corrected chi connectivity index (χ3v) is 17.7. The Morgan fingerprint density at radius 2 is 0.803 bits per heavy atom. The Labute approximate surface area is 387 Å². The Morgan fingerprint density at radius 1 is 0.348 bits per heavy atom. The summed E-state index contributed by atoms with van der Waals surface area (Å²) in [6, 6.07) is 85.7. The fourth-order valence-corrected chi connectivity index (χ4v) is 14.5. The SMILES string of the molecule is CC(C)(C)c1ccc2c3ccccc3n(-c3cc(-c4cccc([Si](c5ccccc5)(c5ccccc5)c5ccccc5)c4)ccc3-c3nc(-c4ccccc4)nc(-c4ccccc4)n3)c2c1. The van der Waals surface area contributed by atoms with Gasteiger partial charge < -0.3 is 4.57 Å². The number of hydrogen-bond acceptors (Lipinski definition) is 3. The standard InChI is InChI=1S/C61H48N4Si/c1-61(2,3)47-37-39-53-52-34-19-20-35-55(52)65(57(53)42-47)56-41-46(36-38-54(56)60-63-58(43-22-9-4-10-23-43)62-59(64-60)44-24-11-5-12-25-44)45-26-21-33-51(40-45)66(48-27-13-6-14-28-48,49-29-15-7-16-30-49)50-31-17-8-18-32-50/h4-42H,1-3H3. The van der Waals surface area contributed by atoms with E-state index in [2.05, 4.69) is 226 Å². The van der Waals surface area contributed by atoms with Gasteiger partial charge in [-0.05, 0) is 67.1 Å². The molecule has 0 amide bonds. The minimum absolute atomic E-state index is 0.0589. The number of nitrogens with zero attached hydrogens (tertiary/aromatic N) is 4. The molecule has 66 heavy (non-hydrogen) atoms. The second-order valence-corrected chi connectivity index (χ2v) is 21.8. The number of rotatable bonds is 9. The van der Waals surface area contributed by atoms with E-state index < -0.39 is 8.07 Å². The predicted molar refractivity (Wildman–Crippen MR) is 278 cm³/mol. The summed E-state index contributed by atoms with van der Waals surface area (Å²) in [5, 5.41) is 7.74. The van der Waals surface area contributed by atoms with Crippen molar-refractivity contribution in [2.75, 3.05) is 0 Å². The van der Waals surface area contributed by atoms with E-state index in [1.807, 2.05) is 36.4 Å². The molecule has 0 saturated heterocycles. The fourth-order valence-electron chi connectivity index (χ4n) is 9.71. The zero-order chi connectivity index (χ0) is 44.7. The molecule has 316 valence electrons. The molecule has 11 rings (SSSR count). The van der Waals surface area contributed by atoms with Crippen LogP contribution in [0.25, 0.3) is 72.8 Å². The van der Waals surface area contributed by atoms with Gasteiger partial charge in [0.25, 0.3) is 0 Å². The van der Waals surface area contributed by atoms with E-state index in [1.54, 1.807) is 0 Å². The van der Waals surface area contributed by atoms with Crippen LogP contribution in [-0.4, -0.2) is 27.6 Å². The molecule has 0 N–H and O–H groups in total. The van der Waals surface area contributed by atoms with Gasteiger partial charge in [-0.15, -0.1) is 0 Å². The number of para-hydroxylation sites is 1. The molecule has 4 nitrogen and oxygen atoms in total. The minimum atomic E-state index is -2.80. The maximum absolute atomic E-state index is 5.31. The molecule has 0 spiro atoms. The first-order chi connectivity index (χ1) is 32.4. The van der Waals surface area contributed by atoms with Crippen LogP contribution >= 0.6 is 0 Å². The fraction of sp³-hybridized carbons (Fsp3) is 0.0656. The molecule has 9 aromatic carbocycles. The molecule has 0 unspecified atom stereocenters. The quantitative estimate of drug-likeness (QED) is 0.107. The van der Waals surface area contributed by atoms with Crippen molar-refractivity contribution in [2.24, 2.45) is 0 Å². The summed E-state index contributed by atoms with van der Waals surface area (Å²) in [5.74, 6) is 1.87. The van der Waals surface area contributed by atoms with Crippen LogP contribution in [0.15, 0.2) is 237 Å². The highest BCUT2D eigenvalue weighted by Crippen LogP contribution is 2.40. The van der Waals surface area contributed by atoms with Crippen LogP contribution in [0.3, 0.4) is 0 Å². The zero-order valence-corrected chi connectivity index (χ0v) is 38.3. The lowest BCUT2D eigenvalue weighted by Gasteiger charge is -2.34. The topological polar surface area (TPSA) is 43.6 Å². The van der Waals surface area contributed by atoms with E-state index in [4.69, 9.17) is 15.0 Å². The maximum atomic E-state index is 5.31. The molecule has 11 aromatic rings. The molecule has 2 aromatic heterocycles. The van der Waals surface area contributed by atoms with Gasteiger partial charge in [-0.2, -0.15) is 0 Å². The smallest absolute Gasteiger partial charge is 0.179 e. The van der Waals surface area contributed by atoms with Gasteiger partial charge >= 0.3 is 0 Å². The van der Waals surface area contributed by atoms with Crippen molar-refractivity contribution >= 4 is 50.6 Å². The lowest BCUT2D eigenvalue weighted by atomic mass is 9.86. The van der Waals surface area contributed by atoms with Gasteiger partial charge in [-0.3, -0.25) is 0 Å². The first-order valence-corrected chi connectivity index (χ1v) is 24.7. The molecular formula is C61H48N4Si. The van der Waals surface area contributed by atoms with Gasteiger partial charge in [-0.1, -0.05) is 233 Å². The van der Waals surface area contributed by atoms with Gasteiger partial charge in [0, 0.05) is 27.5 Å². The van der Waals surface area contributed by atoms with Crippen molar-refractivity contribution in [1.82, 2.24) is 19.5 Å². The molecule has 0 fully saturated rings. The van der Waals surface area contributed by atoms with Crippen molar-refractivity contribution in [2.45, 2.75) is 26.2 Å². The van der Waals surface area contributed by atoms with Crippen molar-refractivity contribution in [1.29, 1.82) is 0 Å². The molecule has 0 saturated carbocycles. The van der Waals surface area contributed by atoms with E-state index in [0.717, 1.165) is 44.5 Å². The number of benzene rings is 9. The van der Waals surface area contributed by atoms with Crippen LogP contribution in [0.2, 0.25) is 0 Å². The summed E-state index contributed by atoms with van der Waals surface area (Å²) >= 11 is 0. The Kier molecular flexibility index (Phi) is 10.4. The van der Waals surface area contributed by atoms with E-state index in [-0.39, 0.29) is 5.41 Å². The molecule has 0 aliphatic carbocycles. The molecule has 0 aliphatic rings. The zero-order valence-electron chi connectivity index (χ0n) is 37.3. The number of fused-ring (bicyclic) bond motifs is 3. The van der Waals surface area contributed by atoms with E-state index in [1.165, 1.54) is 37.1 Å². The van der Waals surface area contributed by atoms with Gasteiger partial charge in [0.2, 0.25) is 0 Å². The number of hydrogen-bond donors (Lipinski definition) is 0. The van der Waals surface area contributed by atoms with Crippen molar-refractivity contribution < 1.29 is 0 Å². The van der Waals surface area contributed by atoms with E-state index in [0.29, 0.717) is 17.5 Å². The van der Waals surface area contributed by atoms with Crippen LogP contribution in [-0.2, 0) is 5.41 Å². The lowest BCUT2D eigenvalue weighted by molar-refractivity contribution is 0.591. The van der Waals surface area contributed by atoms with Crippen molar-refractivity contribution in [3.8, 4) is 51.0 Å². The summed E-state index contributed by atoms with van der Waals surface area (Å²) in [4.78, 5) is 15.7. The minimum Gasteiger partial charge on any atom is -0.308 e. The van der Waals surface area contributed by atoms with Crippen LogP contribution in [0.4, 0.5) is 0 Å². The molecule has 0 bridgehead atoms. The molecular weight excluding hydrogens is 817 g/mol. The Balaban J connectivity index is 1.20. The van der Waals surface area contributed by atoms with Crippen molar-refractivity contribution in [3.63, 3.8) is 0 Å². The van der Waals surface area contributed by atoms with Gasteiger partial charge in [0.1, 0.15) is 0 Å². The first-order valence-electron chi connectivity index (χ1n) is 22.7. The normalized spacial score (nSPS) is 11.9. The molecule has 0 radical (unpaired) electrons. The van der Waals surface area contributed by atoms with E-state index in [9.17, 15) is 0 Å². The lowest BCUT2D eigenvalue weighted by Crippen LogP contribution is -2.74. The highest BCUT2D eigenvalue weighted by Gasteiger charge is 2.41. The average molecular weight is 865 g/mol. The largest absolute Gasteiger partial charge is 0.308 e. The first kappa shape index (κ1) is 40.8. The van der Waals surface area contributed by atoms with Crippen molar-refractivity contribution in [3.05, 3.63) is 242 Å². The molecule has 0 atom stereocenters. The third kappa shape index (κ3) is 7.24. The Bertz CT molecular complexity index is 3340. The summed E-state index contributed by atoms with van der Waals surface area (Å²) < 4.78 is 2.44. The summed E-state index contributed by atoms with van der Waals surface area (Å²) in [5.41, 5.74) is 9.49. The molecule has 2 heterocycles. The highest BCUT2D eigenvalue weighted by atomic mass is 28.3. The van der Waals surface area contributed by atoms with E-state index >= 15 is 0 Å². The average Bonchev–Trinajstić information content (AvgIpc) is 3.71. The molecule has 5 heteroatoms. The molecule has 0 aliphatic heterocycles. The second-order valence-electron chi connectivity index (χ2n) is 18.0. The Hall–Kier alpha value is -7.99. The summed E-state index contributed by atoms with van der Waals surface area (Å²) in [6.45, 7) is 6.85.